The number of benzene rings is 2. The molecular formula is C28H28N2O3. The highest BCUT2D eigenvalue weighted by molar-refractivity contribution is 6.51. The molecule has 1 atom stereocenters. The third-order valence-electron chi connectivity index (χ3n) is 6.09. The summed E-state index contributed by atoms with van der Waals surface area (Å²) in [7, 11) is 0. The van der Waals surface area contributed by atoms with E-state index in [0.29, 0.717) is 16.8 Å². The molecule has 1 aliphatic heterocycles. The number of ketones is 1. The molecule has 1 saturated heterocycles. The lowest BCUT2D eigenvalue weighted by molar-refractivity contribution is -0.132. The maximum Gasteiger partial charge on any atom is 0.300 e. The predicted octanol–water partition coefficient (Wildman–Crippen LogP) is 5.57. The van der Waals surface area contributed by atoms with Crippen LogP contribution in [0.15, 0.2) is 78.6 Å². The van der Waals surface area contributed by atoms with E-state index in [1.807, 2.05) is 49.4 Å². The fraction of sp³-hybridized carbons (Fsp3) is 0.250. The largest absolute Gasteiger partial charge is 0.507 e. The van der Waals surface area contributed by atoms with Gasteiger partial charge in [-0.3, -0.25) is 19.5 Å². The Balaban J connectivity index is 1.87. The molecule has 168 valence electrons. The summed E-state index contributed by atoms with van der Waals surface area (Å²) in [5.74, 6) is -1.56. The van der Waals surface area contributed by atoms with Crippen molar-refractivity contribution in [2.24, 2.45) is 0 Å². The van der Waals surface area contributed by atoms with Crippen LogP contribution in [0.5, 0.6) is 0 Å². The molecule has 0 aliphatic carbocycles. The molecule has 1 unspecified atom stereocenters. The lowest BCUT2D eigenvalue weighted by atomic mass is 9.87. The van der Waals surface area contributed by atoms with E-state index in [2.05, 4.69) is 25.8 Å². The summed E-state index contributed by atoms with van der Waals surface area (Å²) in [6, 6.07) is 17.8. The summed E-state index contributed by atoms with van der Waals surface area (Å²) < 4.78 is 0. The monoisotopic (exact) mass is 440 g/mol. The van der Waals surface area contributed by atoms with Crippen LogP contribution in [0.2, 0.25) is 0 Å². The second-order valence-electron chi connectivity index (χ2n) is 9.30. The average molecular weight is 441 g/mol. The van der Waals surface area contributed by atoms with Crippen molar-refractivity contribution < 1.29 is 14.7 Å². The molecule has 3 aromatic rings. The van der Waals surface area contributed by atoms with Gasteiger partial charge in [0.1, 0.15) is 5.76 Å². The van der Waals surface area contributed by atoms with E-state index >= 15 is 0 Å². The lowest BCUT2D eigenvalue weighted by Gasteiger charge is -2.26. The normalized spacial score (nSPS) is 18.1. The van der Waals surface area contributed by atoms with Gasteiger partial charge in [0, 0.05) is 23.6 Å². The summed E-state index contributed by atoms with van der Waals surface area (Å²) in [6.07, 6.45) is 4.13. The molecule has 4 rings (SSSR count). The van der Waals surface area contributed by atoms with Crippen LogP contribution < -0.4 is 4.90 Å². The number of rotatable bonds is 4. The van der Waals surface area contributed by atoms with Gasteiger partial charge in [-0.15, -0.1) is 0 Å². The number of hydrogen-bond donors (Lipinski definition) is 1. The second kappa shape index (κ2) is 8.66. The Morgan fingerprint density at radius 3 is 2.21 bits per heavy atom. The summed E-state index contributed by atoms with van der Waals surface area (Å²) in [6.45, 7) is 8.41. The van der Waals surface area contributed by atoms with E-state index in [0.717, 1.165) is 17.5 Å². The number of anilines is 1. The maximum atomic E-state index is 13.2. The van der Waals surface area contributed by atoms with Gasteiger partial charge in [0.2, 0.25) is 0 Å². The first-order chi connectivity index (χ1) is 15.7. The minimum atomic E-state index is -0.773. The molecule has 1 N–H and O–H groups in total. The number of nitrogens with zero attached hydrogens (tertiary/aromatic N) is 2. The van der Waals surface area contributed by atoms with Crippen molar-refractivity contribution in [3.63, 3.8) is 0 Å². The molecule has 0 bridgehead atoms. The number of amides is 1. The third kappa shape index (κ3) is 4.19. The molecule has 2 aromatic carbocycles. The molecule has 2 heterocycles. The number of hydrogen-bond acceptors (Lipinski definition) is 4. The van der Waals surface area contributed by atoms with Crippen LogP contribution in [-0.4, -0.2) is 21.8 Å². The number of carbonyl (C=O) groups is 2. The van der Waals surface area contributed by atoms with E-state index in [-0.39, 0.29) is 16.7 Å². The zero-order valence-corrected chi connectivity index (χ0v) is 19.4. The van der Waals surface area contributed by atoms with Gasteiger partial charge in [0.15, 0.2) is 0 Å². The summed E-state index contributed by atoms with van der Waals surface area (Å²) in [5, 5.41) is 11.2. The molecule has 5 heteroatoms. The average Bonchev–Trinajstić information content (AvgIpc) is 3.09. The number of aliphatic hydroxyl groups excluding tert-OH is 1. The Morgan fingerprint density at radius 2 is 1.67 bits per heavy atom. The van der Waals surface area contributed by atoms with Gasteiger partial charge in [-0.2, -0.15) is 0 Å². The van der Waals surface area contributed by atoms with Crippen LogP contribution in [0.3, 0.4) is 0 Å². The zero-order chi connectivity index (χ0) is 23.8. The van der Waals surface area contributed by atoms with Gasteiger partial charge in [0.05, 0.1) is 11.6 Å². The van der Waals surface area contributed by atoms with Crippen molar-refractivity contribution in [3.8, 4) is 0 Å². The first-order valence-electron chi connectivity index (χ1n) is 11.1. The molecule has 0 spiro atoms. The quantitative estimate of drug-likeness (QED) is 0.327. The molecular weight excluding hydrogens is 412 g/mol. The van der Waals surface area contributed by atoms with Gasteiger partial charge in [-0.25, -0.2) is 0 Å². The number of pyridine rings is 1. The van der Waals surface area contributed by atoms with Crippen LogP contribution in [0.4, 0.5) is 5.69 Å². The molecule has 1 fully saturated rings. The first-order valence-corrected chi connectivity index (χ1v) is 11.1. The second-order valence-corrected chi connectivity index (χ2v) is 9.30. The first kappa shape index (κ1) is 22.5. The molecule has 1 aromatic heterocycles. The molecule has 1 amide bonds. The van der Waals surface area contributed by atoms with E-state index < -0.39 is 17.7 Å². The fourth-order valence-electron chi connectivity index (χ4n) is 4.13. The van der Waals surface area contributed by atoms with Gasteiger partial charge in [-0.1, -0.05) is 70.2 Å². The van der Waals surface area contributed by atoms with Gasteiger partial charge < -0.3 is 5.11 Å². The Bertz CT molecular complexity index is 1200. The Labute approximate surface area is 194 Å². The predicted molar refractivity (Wildman–Crippen MR) is 130 cm³/mol. The van der Waals surface area contributed by atoms with Crippen molar-refractivity contribution in [1.29, 1.82) is 0 Å². The lowest BCUT2D eigenvalue weighted by Crippen LogP contribution is -2.29. The number of aryl methyl sites for hydroxylation is 1. The van der Waals surface area contributed by atoms with Crippen molar-refractivity contribution >= 4 is 23.1 Å². The Hall–Kier alpha value is -3.73. The Kier molecular flexibility index (Phi) is 5.90. The molecule has 0 saturated carbocycles. The van der Waals surface area contributed by atoms with Crippen LogP contribution in [0.1, 0.15) is 56.0 Å². The smallest absolute Gasteiger partial charge is 0.300 e. The molecule has 1 aliphatic rings. The molecule has 0 radical (unpaired) electrons. The minimum absolute atomic E-state index is 0.0416. The fourth-order valence-corrected chi connectivity index (χ4v) is 4.13. The van der Waals surface area contributed by atoms with Crippen LogP contribution in [0.25, 0.3) is 5.76 Å². The van der Waals surface area contributed by atoms with Gasteiger partial charge in [-0.05, 0) is 46.7 Å². The summed E-state index contributed by atoms with van der Waals surface area (Å²) in [4.78, 5) is 32.1. The van der Waals surface area contributed by atoms with Crippen LogP contribution >= 0.6 is 0 Å². The topological polar surface area (TPSA) is 70.5 Å². The van der Waals surface area contributed by atoms with E-state index in [1.54, 1.807) is 30.6 Å². The minimum Gasteiger partial charge on any atom is -0.507 e. The van der Waals surface area contributed by atoms with Crippen molar-refractivity contribution in [3.05, 3.63) is 101 Å². The molecule has 5 nitrogen and oxygen atoms in total. The SMILES string of the molecule is CCc1ccc(/C(O)=C2\C(=O)C(=O)N(c3ccc(C(C)(C)C)cc3)C2c2cccnc2)cc1. The van der Waals surface area contributed by atoms with Gasteiger partial charge in [0.25, 0.3) is 11.7 Å². The standard InChI is InChI=1S/C28H28N2O3/c1-5-18-8-10-19(11-9-18)25(31)23-24(20-7-6-16-29-17-20)30(27(33)26(23)32)22-14-12-21(13-15-22)28(2,3)4/h6-17,24,31H,5H2,1-4H3/b25-23+. The third-order valence-corrected chi connectivity index (χ3v) is 6.09. The number of carbonyl (C=O) groups excluding carboxylic acids is 2. The van der Waals surface area contributed by atoms with Crippen molar-refractivity contribution in [2.45, 2.75) is 45.6 Å². The Morgan fingerprint density at radius 1 is 1.00 bits per heavy atom. The van der Waals surface area contributed by atoms with Crippen molar-refractivity contribution in [1.82, 2.24) is 4.98 Å². The van der Waals surface area contributed by atoms with Crippen LogP contribution in [0, 0.1) is 0 Å². The van der Waals surface area contributed by atoms with Crippen molar-refractivity contribution in [2.75, 3.05) is 4.90 Å². The number of aliphatic hydroxyl groups is 1. The maximum absolute atomic E-state index is 13.2. The van der Waals surface area contributed by atoms with E-state index in [9.17, 15) is 14.7 Å². The highest BCUT2D eigenvalue weighted by Gasteiger charge is 2.47. The van der Waals surface area contributed by atoms with E-state index in [4.69, 9.17) is 0 Å². The summed E-state index contributed by atoms with van der Waals surface area (Å²) in [5.41, 5.74) is 4.02. The summed E-state index contributed by atoms with van der Waals surface area (Å²) >= 11 is 0. The highest BCUT2D eigenvalue weighted by atomic mass is 16.3. The van der Waals surface area contributed by atoms with Crippen LogP contribution in [-0.2, 0) is 21.4 Å². The molecule has 33 heavy (non-hydrogen) atoms. The zero-order valence-electron chi connectivity index (χ0n) is 19.4. The highest BCUT2D eigenvalue weighted by Crippen LogP contribution is 2.42. The van der Waals surface area contributed by atoms with E-state index in [1.165, 1.54) is 4.90 Å². The number of aromatic nitrogens is 1. The number of Topliss-reactive ketones (excluding diaryl/α,β-unsaturated/α-hetero) is 1. The van der Waals surface area contributed by atoms with Gasteiger partial charge >= 0.3 is 0 Å².